The lowest BCUT2D eigenvalue weighted by Crippen LogP contribution is -2.79. The van der Waals surface area contributed by atoms with E-state index in [0.717, 1.165) is 35.8 Å². The van der Waals surface area contributed by atoms with E-state index in [9.17, 15) is 19.1 Å². The van der Waals surface area contributed by atoms with Gasteiger partial charge in [0.2, 0.25) is 5.43 Å². The highest BCUT2D eigenvalue weighted by Gasteiger charge is 2.71. The average molecular weight is 538 g/mol. The number of rotatable bonds is 4. The Morgan fingerprint density at radius 2 is 1.84 bits per heavy atom. The summed E-state index contributed by atoms with van der Waals surface area (Å²) in [6, 6.07) is 11.0. The number of fused-ring (bicyclic) bond motifs is 3. The summed E-state index contributed by atoms with van der Waals surface area (Å²) in [5.41, 5.74) is 0.596. The number of aromatic nitrogens is 1. The summed E-state index contributed by atoms with van der Waals surface area (Å²) in [7, 11) is 1.67. The average Bonchev–Trinajstić information content (AvgIpc) is 3.03. The second-order valence-electron chi connectivity index (χ2n) is 10.9. The van der Waals surface area contributed by atoms with Gasteiger partial charge in [-0.15, -0.1) is 11.8 Å². The zero-order valence-electron chi connectivity index (χ0n) is 20.6. The first-order valence-corrected chi connectivity index (χ1v) is 13.5. The highest BCUT2D eigenvalue weighted by atomic mass is 32.2. The molecular formula is C28H25F2N3O4S. The number of carbonyl (C=O) groups is 1. The van der Waals surface area contributed by atoms with Crippen LogP contribution in [0.15, 0.2) is 58.4 Å². The molecule has 10 heteroatoms. The molecule has 3 heterocycles. The third-order valence-electron chi connectivity index (χ3n) is 8.61. The van der Waals surface area contributed by atoms with Crippen molar-refractivity contribution in [1.82, 2.24) is 9.58 Å². The SMILES string of the molecule is COCC12CC(N3CN([C@@H]4c5ccccc5SCc5c4ccc(F)c5F)n4ccc(=O)c(O)c4C3=O)(C1)C2. The predicted molar refractivity (Wildman–Crippen MR) is 137 cm³/mol. The van der Waals surface area contributed by atoms with Gasteiger partial charge in [0.15, 0.2) is 23.1 Å². The van der Waals surface area contributed by atoms with Crippen LogP contribution >= 0.6 is 11.8 Å². The fourth-order valence-electron chi connectivity index (χ4n) is 7.08. The van der Waals surface area contributed by atoms with Crippen molar-refractivity contribution in [2.24, 2.45) is 5.41 Å². The van der Waals surface area contributed by atoms with Gasteiger partial charge in [-0.3, -0.25) is 19.3 Å². The fourth-order valence-corrected chi connectivity index (χ4v) is 8.19. The van der Waals surface area contributed by atoms with Gasteiger partial charge in [0.25, 0.3) is 5.91 Å². The molecule has 5 aliphatic rings. The first kappa shape index (κ1) is 23.7. The van der Waals surface area contributed by atoms with E-state index in [1.807, 2.05) is 29.3 Å². The van der Waals surface area contributed by atoms with Crippen LogP contribution in [0.5, 0.6) is 5.75 Å². The Morgan fingerprint density at radius 1 is 1.08 bits per heavy atom. The van der Waals surface area contributed by atoms with Crippen LogP contribution in [0.25, 0.3) is 0 Å². The Hall–Kier alpha value is -3.37. The summed E-state index contributed by atoms with van der Waals surface area (Å²) in [4.78, 5) is 29.0. The Kier molecular flexibility index (Phi) is 5.04. The van der Waals surface area contributed by atoms with Crippen molar-refractivity contribution in [3.05, 3.63) is 92.9 Å². The normalized spacial score (nSPS) is 27.0. The third kappa shape index (κ3) is 3.10. The summed E-state index contributed by atoms with van der Waals surface area (Å²) in [5, 5.41) is 12.7. The van der Waals surface area contributed by atoms with Crippen molar-refractivity contribution in [1.29, 1.82) is 0 Å². The Labute approximate surface area is 221 Å². The molecule has 3 fully saturated rings. The molecule has 3 aliphatic carbocycles. The minimum absolute atomic E-state index is 0.0501. The quantitative estimate of drug-likeness (QED) is 0.539. The van der Waals surface area contributed by atoms with E-state index in [1.54, 1.807) is 18.1 Å². The molecule has 8 rings (SSSR count). The highest BCUT2D eigenvalue weighted by molar-refractivity contribution is 7.98. The molecule has 3 saturated carbocycles. The molecule has 0 saturated heterocycles. The van der Waals surface area contributed by atoms with Crippen molar-refractivity contribution in [3.8, 4) is 5.75 Å². The van der Waals surface area contributed by atoms with Crippen molar-refractivity contribution in [2.45, 2.75) is 41.5 Å². The molecular weight excluding hydrogens is 512 g/mol. The zero-order valence-corrected chi connectivity index (χ0v) is 21.4. The van der Waals surface area contributed by atoms with E-state index < -0.39 is 40.3 Å². The van der Waals surface area contributed by atoms with Crippen LogP contribution in [0.3, 0.4) is 0 Å². The maximum absolute atomic E-state index is 15.2. The number of hydrogen-bond donors (Lipinski definition) is 1. The van der Waals surface area contributed by atoms with Gasteiger partial charge < -0.3 is 14.7 Å². The van der Waals surface area contributed by atoms with Crippen LogP contribution < -0.4 is 10.4 Å². The maximum atomic E-state index is 15.2. The molecule has 2 aromatic carbocycles. The van der Waals surface area contributed by atoms with Crippen LogP contribution in [-0.2, 0) is 10.5 Å². The van der Waals surface area contributed by atoms with Gasteiger partial charge in [-0.05, 0) is 42.5 Å². The van der Waals surface area contributed by atoms with Crippen LogP contribution in [-0.4, -0.2) is 46.5 Å². The van der Waals surface area contributed by atoms with E-state index in [-0.39, 0.29) is 29.1 Å². The Balaban J connectivity index is 1.42. The van der Waals surface area contributed by atoms with E-state index in [0.29, 0.717) is 12.2 Å². The van der Waals surface area contributed by atoms with Crippen molar-refractivity contribution < 1.29 is 23.4 Å². The standard InChI is InChI=1S/C28H25F2N3O4S/c1-37-14-27-11-28(12-27,13-27)31-15-33(32-9-8-20(34)25(35)24(32)26(31)36)23-16-6-7-19(29)22(30)18(16)10-38-21-5-3-2-4-17(21)23/h2-9,23,35H,10-15H2,1H3/t23-,27?,28?/m0/s1. The number of ether oxygens (including phenoxy) is 1. The number of aromatic hydroxyl groups is 1. The molecule has 1 amide bonds. The second-order valence-corrected chi connectivity index (χ2v) is 11.9. The molecule has 0 unspecified atom stereocenters. The summed E-state index contributed by atoms with van der Waals surface area (Å²) < 4.78 is 36.5. The molecule has 1 atom stereocenters. The minimum atomic E-state index is -0.913. The number of hydrogen-bond acceptors (Lipinski definition) is 6. The lowest BCUT2D eigenvalue weighted by atomic mass is 9.39. The first-order chi connectivity index (χ1) is 18.3. The van der Waals surface area contributed by atoms with E-state index in [2.05, 4.69) is 0 Å². The molecule has 0 radical (unpaired) electrons. The van der Waals surface area contributed by atoms with Crippen LogP contribution in [0.2, 0.25) is 0 Å². The van der Waals surface area contributed by atoms with E-state index >= 15 is 4.39 Å². The molecule has 1 N–H and O–H groups in total. The number of halogens is 2. The lowest BCUT2D eigenvalue weighted by Gasteiger charge is -2.74. The van der Waals surface area contributed by atoms with Gasteiger partial charge in [-0.1, -0.05) is 24.3 Å². The summed E-state index contributed by atoms with van der Waals surface area (Å²) >= 11 is 1.43. The van der Waals surface area contributed by atoms with Gasteiger partial charge >= 0.3 is 0 Å². The number of thioether (sulfide) groups is 1. The van der Waals surface area contributed by atoms with Crippen molar-refractivity contribution in [2.75, 3.05) is 25.4 Å². The smallest absolute Gasteiger partial charge is 0.278 e. The van der Waals surface area contributed by atoms with Gasteiger partial charge in [-0.2, -0.15) is 0 Å². The molecule has 3 aromatic rings. The topological polar surface area (TPSA) is 75.0 Å². The number of benzene rings is 2. The molecule has 1 aromatic heterocycles. The van der Waals surface area contributed by atoms with E-state index in [1.165, 1.54) is 28.7 Å². The molecule has 38 heavy (non-hydrogen) atoms. The third-order valence-corrected chi connectivity index (χ3v) is 9.73. The predicted octanol–water partition coefficient (Wildman–Crippen LogP) is 4.15. The summed E-state index contributed by atoms with van der Waals surface area (Å²) in [6.07, 6.45) is 3.80. The number of pyridine rings is 1. The maximum Gasteiger partial charge on any atom is 0.278 e. The van der Waals surface area contributed by atoms with E-state index in [4.69, 9.17) is 4.74 Å². The molecule has 2 bridgehead atoms. The van der Waals surface area contributed by atoms with Crippen LogP contribution in [0.1, 0.15) is 52.5 Å². The molecule has 7 nitrogen and oxygen atoms in total. The number of methoxy groups -OCH3 is 1. The number of carbonyl (C=O) groups excluding carboxylic acids is 1. The van der Waals surface area contributed by atoms with Gasteiger partial charge in [0.1, 0.15) is 6.67 Å². The monoisotopic (exact) mass is 537 g/mol. The number of nitrogens with zero attached hydrogens (tertiary/aromatic N) is 3. The van der Waals surface area contributed by atoms with Crippen molar-refractivity contribution in [3.63, 3.8) is 0 Å². The molecule has 196 valence electrons. The zero-order chi connectivity index (χ0) is 26.4. The Bertz CT molecular complexity index is 1550. The van der Waals surface area contributed by atoms with Crippen LogP contribution in [0.4, 0.5) is 8.78 Å². The highest BCUT2D eigenvalue weighted by Crippen LogP contribution is 2.70. The Morgan fingerprint density at radius 3 is 2.61 bits per heavy atom. The fraction of sp³-hybridized carbons (Fsp3) is 0.357. The number of amides is 1. The van der Waals surface area contributed by atoms with Gasteiger partial charge in [0.05, 0.1) is 12.6 Å². The summed E-state index contributed by atoms with van der Waals surface area (Å²) in [5.74, 6) is -2.59. The van der Waals surface area contributed by atoms with Gasteiger partial charge in [-0.25, -0.2) is 8.78 Å². The first-order valence-electron chi connectivity index (χ1n) is 12.5. The second kappa shape index (κ2) is 8.07. The largest absolute Gasteiger partial charge is 0.502 e. The molecule has 2 aliphatic heterocycles. The van der Waals surface area contributed by atoms with Crippen LogP contribution in [0, 0.1) is 17.0 Å². The van der Waals surface area contributed by atoms with Gasteiger partial charge in [0, 0.05) is 46.5 Å². The lowest BCUT2D eigenvalue weighted by molar-refractivity contribution is -0.227. The summed E-state index contributed by atoms with van der Waals surface area (Å²) in [6.45, 7) is 0.770. The minimum Gasteiger partial charge on any atom is -0.502 e. The molecule has 0 spiro atoms. The van der Waals surface area contributed by atoms with Crippen molar-refractivity contribution >= 4 is 17.7 Å².